The van der Waals surface area contributed by atoms with Gasteiger partial charge < -0.3 is 9.73 Å². The maximum atomic E-state index is 12.1. The molecule has 2 N–H and O–H groups in total. The summed E-state index contributed by atoms with van der Waals surface area (Å²) < 4.78 is 31.8. The Balaban J connectivity index is 2.05. The molecule has 0 saturated carbocycles. The molecule has 0 radical (unpaired) electrons. The van der Waals surface area contributed by atoms with E-state index in [1.54, 1.807) is 37.4 Å². The van der Waals surface area contributed by atoms with Crippen LogP contribution in [0.5, 0.6) is 0 Å². The molecule has 2 rings (SSSR count). The van der Waals surface area contributed by atoms with Crippen LogP contribution < -0.4 is 10.0 Å². The second-order valence-corrected chi connectivity index (χ2v) is 6.13. The zero-order chi connectivity index (χ0) is 14.6. The fourth-order valence-electron chi connectivity index (χ4n) is 1.71. The lowest BCUT2D eigenvalue weighted by Gasteiger charge is -2.06. The zero-order valence-corrected chi connectivity index (χ0v) is 12.2. The minimum absolute atomic E-state index is 0.0362. The number of sulfonamides is 1. The van der Waals surface area contributed by atoms with Crippen LogP contribution in [0.25, 0.3) is 0 Å². The van der Waals surface area contributed by atoms with E-state index < -0.39 is 10.0 Å². The summed E-state index contributed by atoms with van der Waals surface area (Å²) >= 11 is 0. The van der Waals surface area contributed by atoms with Crippen LogP contribution in [0.1, 0.15) is 17.2 Å². The predicted octanol–water partition coefficient (Wildman–Crippen LogP) is 1.18. The molecule has 1 heterocycles. The van der Waals surface area contributed by atoms with Gasteiger partial charge in [-0.15, -0.1) is 0 Å². The second-order valence-electron chi connectivity index (χ2n) is 4.36. The quantitative estimate of drug-likeness (QED) is 0.836. The molecule has 1 aromatic heterocycles. The van der Waals surface area contributed by atoms with Gasteiger partial charge in [0.25, 0.3) is 0 Å². The van der Waals surface area contributed by atoms with Crippen LogP contribution in [0.4, 0.5) is 0 Å². The van der Waals surface area contributed by atoms with Crippen molar-refractivity contribution in [3.63, 3.8) is 0 Å². The summed E-state index contributed by atoms with van der Waals surface area (Å²) in [5.41, 5.74) is 1.02. The van der Waals surface area contributed by atoms with Crippen molar-refractivity contribution in [3.8, 4) is 0 Å². The van der Waals surface area contributed by atoms with E-state index in [0.29, 0.717) is 18.2 Å². The highest BCUT2D eigenvalue weighted by Gasteiger charge is 2.14. The second kappa shape index (κ2) is 6.17. The monoisotopic (exact) mass is 295 g/mol. The van der Waals surface area contributed by atoms with Crippen LogP contribution in [-0.4, -0.2) is 20.4 Å². The number of nitrogens with one attached hydrogen (secondary N) is 2. The molecule has 20 heavy (non-hydrogen) atoms. The number of benzene rings is 1. The van der Waals surface area contributed by atoms with E-state index in [2.05, 4.69) is 15.0 Å². The third-order valence-corrected chi connectivity index (χ3v) is 4.11. The van der Waals surface area contributed by atoms with Crippen molar-refractivity contribution < 1.29 is 12.8 Å². The Bertz CT molecular complexity index is 662. The van der Waals surface area contributed by atoms with Crippen LogP contribution in [0.15, 0.2) is 39.8 Å². The summed E-state index contributed by atoms with van der Waals surface area (Å²) in [6, 6.07) is 6.71. The topological polar surface area (TPSA) is 84.2 Å². The van der Waals surface area contributed by atoms with Crippen LogP contribution in [0.3, 0.4) is 0 Å². The smallest absolute Gasteiger partial charge is 0.241 e. The standard InChI is InChI=1S/C13H17N3O3S/c1-10-7-15-13(19-10)9-16-20(17,18)12-5-3-11(4-6-12)8-14-2/h3-7,14,16H,8-9H2,1-2H3. The van der Waals surface area contributed by atoms with Crippen molar-refractivity contribution in [1.29, 1.82) is 0 Å². The van der Waals surface area contributed by atoms with E-state index in [1.807, 2.05) is 7.05 Å². The molecule has 0 bridgehead atoms. The number of aromatic nitrogens is 1. The van der Waals surface area contributed by atoms with Crippen molar-refractivity contribution in [2.24, 2.45) is 0 Å². The SMILES string of the molecule is CNCc1ccc(S(=O)(=O)NCc2ncc(C)o2)cc1. The molecule has 0 aliphatic heterocycles. The fraction of sp³-hybridized carbons (Fsp3) is 0.308. The Kier molecular flexibility index (Phi) is 4.53. The number of hydrogen-bond donors (Lipinski definition) is 2. The van der Waals surface area contributed by atoms with E-state index in [-0.39, 0.29) is 11.4 Å². The van der Waals surface area contributed by atoms with Gasteiger partial charge in [0.05, 0.1) is 17.6 Å². The van der Waals surface area contributed by atoms with Gasteiger partial charge in [0, 0.05) is 6.54 Å². The molecular formula is C13H17N3O3S. The minimum atomic E-state index is -3.55. The number of aryl methyl sites for hydroxylation is 1. The van der Waals surface area contributed by atoms with Crippen molar-refractivity contribution in [2.45, 2.75) is 24.9 Å². The van der Waals surface area contributed by atoms with Crippen molar-refractivity contribution in [3.05, 3.63) is 47.7 Å². The Morgan fingerprint density at radius 3 is 2.45 bits per heavy atom. The Morgan fingerprint density at radius 2 is 1.90 bits per heavy atom. The maximum absolute atomic E-state index is 12.1. The molecule has 0 amide bonds. The van der Waals surface area contributed by atoms with Gasteiger partial charge in [-0.2, -0.15) is 0 Å². The lowest BCUT2D eigenvalue weighted by atomic mass is 10.2. The first-order chi connectivity index (χ1) is 9.51. The summed E-state index contributed by atoms with van der Waals surface area (Å²) in [6.45, 7) is 2.49. The number of nitrogens with zero attached hydrogens (tertiary/aromatic N) is 1. The molecular weight excluding hydrogens is 278 g/mol. The van der Waals surface area contributed by atoms with Gasteiger partial charge in [-0.05, 0) is 31.7 Å². The molecule has 108 valence electrons. The van der Waals surface area contributed by atoms with Crippen LogP contribution >= 0.6 is 0 Å². The first-order valence-corrected chi connectivity index (χ1v) is 7.64. The molecule has 0 saturated heterocycles. The Morgan fingerprint density at radius 1 is 1.20 bits per heavy atom. The molecule has 0 spiro atoms. The third kappa shape index (κ3) is 3.66. The largest absolute Gasteiger partial charge is 0.445 e. The highest BCUT2D eigenvalue weighted by Crippen LogP contribution is 2.11. The minimum Gasteiger partial charge on any atom is -0.445 e. The van der Waals surface area contributed by atoms with E-state index in [0.717, 1.165) is 5.56 Å². The van der Waals surface area contributed by atoms with Crippen LogP contribution in [0, 0.1) is 6.92 Å². The highest BCUT2D eigenvalue weighted by molar-refractivity contribution is 7.89. The summed E-state index contributed by atoms with van der Waals surface area (Å²) in [7, 11) is -1.71. The van der Waals surface area contributed by atoms with Gasteiger partial charge in [-0.3, -0.25) is 0 Å². The van der Waals surface area contributed by atoms with Gasteiger partial charge in [0.1, 0.15) is 5.76 Å². The number of oxazole rings is 1. The van der Waals surface area contributed by atoms with Crippen LogP contribution in [-0.2, 0) is 23.1 Å². The van der Waals surface area contributed by atoms with Gasteiger partial charge in [-0.25, -0.2) is 18.1 Å². The van der Waals surface area contributed by atoms with Gasteiger partial charge in [0.2, 0.25) is 15.9 Å². The van der Waals surface area contributed by atoms with Crippen molar-refractivity contribution >= 4 is 10.0 Å². The van der Waals surface area contributed by atoms with Crippen LogP contribution in [0.2, 0.25) is 0 Å². The highest BCUT2D eigenvalue weighted by atomic mass is 32.2. The normalized spacial score (nSPS) is 11.7. The summed E-state index contributed by atoms with van der Waals surface area (Å²) in [5, 5.41) is 3.01. The summed E-state index contributed by atoms with van der Waals surface area (Å²) in [5.74, 6) is 0.994. The van der Waals surface area contributed by atoms with Gasteiger partial charge in [0.15, 0.2) is 0 Å². The summed E-state index contributed by atoms with van der Waals surface area (Å²) in [6.07, 6.45) is 1.55. The molecule has 0 fully saturated rings. The van der Waals surface area contributed by atoms with Crippen molar-refractivity contribution in [1.82, 2.24) is 15.0 Å². The number of rotatable bonds is 6. The van der Waals surface area contributed by atoms with E-state index in [9.17, 15) is 8.42 Å². The molecule has 7 heteroatoms. The van der Waals surface area contributed by atoms with Gasteiger partial charge >= 0.3 is 0 Å². The molecule has 0 aliphatic carbocycles. The van der Waals surface area contributed by atoms with Crippen molar-refractivity contribution in [2.75, 3.05) is 7.05 Å². The Hall–Kier alpha value is -1.70. The number of hydrogen-bond acceptors (Lipinski definition) is 5. The predicted molar refractivity (Wildman–Crippen MR) is 74.5 cm³/mol. The molecule has 0 aliphatic rings. The first-order valence-electron chi connectivity index (χ1n) is 6.16. The molecule has 6 nitrogen and oxygen atoms in total. The fourth-order valence-corrected chi connectivity index (χ4v) is 2.69. The molecule has 0 atom stereocenters. The lowest BCUT2D eigenvalue weighted by molar-refractivity contribution is 0.463. The average molecular weight is 295 g/mol. The Labute approximate surface area is 118 Å². The zero-order valence-electron chi connectivity index (χ0n) is 11.4. The average Bonchev–Trinajstić information content (AvgIpc) is 2.84. The first kappa shape index (κ1) is 14.7. The molecule has 1 aromatic carbocycles. The van der Waals surface area contributed by atoms with E-state index in [4.69, 9.17) is 4.42 Å². The third-order valence-electron chi connectivity index (χ3n) is 2.70. The van der Waals surface area contributed by atoms with E-state index in [1.165, 1.54) is 0 Å². The molecule has 2 aromatic rings. The summed E-state index contributed by atoms with van der Waals surface area (Å²) in [4.78, 5) is 4.17. The van der Waals surface area contributed by atoms with E-state index >= 15 is 0 Å². The lowest BCUT2D eigenvalue weighted by Crippen LogP contribution is -2.23. The van der Waals surface area contributed by atoms with Gasteiger partial charge in [-0.1, -0.05) is 12.1 Å². The molecule has 0 unspecified atom stereocenters. The maximum Gasteiger partial charge on any atom is 0.241 e.